The van der Waals surface area contributed by atoms with Crippen LogP contribution in [0.1, 0.15) is 29.6 Å². The Kier molecular flexibility index (Phi) is 7.33. The van der Waals surface area contributed by atoms with Gasteiger partial charge in [0.1, 0.15) is 11.5 Å². The van der Waals surface area contributed by atoms with Gasteiger partial charge < -0.3 is 14.9 Å². The van der Waals surface area contributed by atoms with Gasteiger partial charge in [-0.3, -0.25) is 0 Å². The maximum absolute atomic E-state index is 13.3. The molecule has 0 spiro atoms. The third kappa shape index (κ3) is 5.31. The van der Waals surface area contributed by atoms with Crippen molar-refractivity contribution in [3.05, 3.63) is 87.9 Å². The van der Waals surface area contributed by atoms with E-state index >= 15 is 0 Å². The zero-order chi connectivity index (χ0) is 24.3. The zero-order valence-corrected chi connectivity index (χ0v) is 20.8. The molecule has 4 rings (SSSR count). The fourth-order valence-electron chi connectivity index (χ4n) is 3.71. The average Bonchev–Trinajstić information content (AvgIpc) is 3.33. The van der Waals surface area contributed by atoms with Gasteiger partial charge in [0.05, 0.1) is 36.9 Å². The van der Waals surface area contributed by atoms with E-state index in [4.69, 9.17) is 32.7 Å². The summed E-state index contributed by atoms with van der Waals surface area (Å²) in [5.41, 5.74) is 5.25. The third-order valence-corrected chi connectivity index (χ3v) is 7.51. The molecule has 0 amide bonds. The molecule has 2 N–H and O–H groups in total. The molecule has 0 aliphatic carbocycles. The number of sulfonamides is 1. The first kappa shape index (κ1) is 24.3. The van der Waals surface area contributed by atoms with Crippen LogP contribution >= 0.6 is 23.2 Å². The summed E-state index contributed by atoms with van der Waals surface area (Å²) >= 11 is 12.6. The molecule has 3 aromatic rings. The summed E-state index contributed by atoms with van der Waals surface area (Å²) in [5, 5.41) is 5.26. The van der Waals surface area contributed by atoms with E-state index in [2.05, 4.69) is 15.2 Å². The minimum absolute atomic E-state index is 0.0696. The Labute approximate surface area is 208 Å². The van der Waals surface area contributed by atoms with Crippen molar-refractivity contribution in [1.82, 2.24) is 10.1 Å². The van der Waals surface area contributed by atoms with Gasteiger partial charge in [0.15, 0.2) is 0 Å². The molecule has 0 radical (unpaired) electrons. The lowest BCUT2D eigenvalue weighted by molar-refractivity contribution is 0.413. The number of hydrogen-bond acceptors (Lipinski definition) is 6. The highest BCUT2D eigenvalue weighted by molar-refractivity contribution is 7.89. The van der Waals surface area contributed by atoms with E-state index in [1.54, 1.807) is 37.4 Å². The molecule has 2 unspecified atom stereocenters. The zero-order valence-electron chi connectivity index (χ0n) is 18.5. The lowest BCUT2D eigenvalue weighted by atomic mass is 9.96. The van der Waals surface area contributed by atoms with Crippen LogP contribution in [0.25, 0.3) is 0 Å². The van der Waals surface area contributed by atoms with Crippen LogP contribution in [0.5, 0.6) is 11.5 Å². The Morgan fingerprint density at radius 2 is 1.74 bits per heavy atom. The summed E-state index contributed by atoms with van der Waals surface area (Å²) in [4.78, 5) is 0.0696. The standard InChI is InChI=1S/C24H23Cl2N3O4S/c1-32-17-9-6-15(7-10-17)22-14-23(28-27-22)24(20-11-8-16(25)12-21(20)26)29-34(30,31)19-5-3-4-18(13-19)33-2/h3-13,22,24,27,29H,14H2,1-2H3. The third-order valence-electron chi connectivity index (χ3n) is 5.53. The van der Waals surface area contributed by atoms with Gasteiger partial charge in [-0.25, -0.2) is 8.42 Å². The molecule has 0 fully saturated rings. The molecular weight excluding hydrogens is 497 g/mol. The van der Waals surface area contributed by atoms with Crippen LogP contribution in [0.15, 0.2) is 76.7 Å². The van der Waals surface area contributed by atoms with Crippen LogP contribution in [0, 0.1) is 0 Å². The van der Waals surface area contributed by atoms with Crippen LogP contribution in [-0.2, 0) is 10.0 Å². The van der Waals surface area contributed by atoms with Crippen LogP contribution in [0.2, 0.25) is 10.0 Å². The van der Waals surface area contributed by atoms with Crippen molar-refractivity contribution in [2.75, 3.05) is 14.2 Å². The van der Waals surface area contributed by atoms with Crippen LogP contribution in [0.4, 0.5) is 0 Å². The number of halogens is 2. The first-order valence-electron chi connectivity index (χ1n) is 10.4. The number of hydrazone groups is 1. The first-order chi connectivity index (χ1) is 16.3. The van der Waals surface area contributed by atoms with Crippen molar-refractivity contribution in [2.24, 2.45) is 5.10 Å². The molecule has 3 aromatic carbocycles. The number of methoxy groups -OCH3 is 2. The summed E-state index contributed by atoms with van der Waals surface area (Å²) < 4.78 is 39.8. The summed E-state index contributed by atoms with van der Waals surface area (Å²) in [5.74, 6) is 1.18. The Bertz CT molecular complexity index is 1310. The van der Waals surface area contributed by atoms with Gasteiger partial charge in [0.25, 0.3) is 0 Å². The number of ether oxygens (including phenoxy) is 2. The minimum atomic E-state index is -3.94. The van der Waals surface area contributed by atoms with E-state index in [-0.39, 0.29) is 10.9 Å². The molecule has 2 atom stereocenters. The fourth-order valence-corrected chi connectivity index (χ4v) is 5.47. The monoisotopic (exact) mass is 519 g/mol. The second kappa shape index (κ2) is 10.2. The largest absolute Gasteiger partial charge is 0.497 e. The van der Waals surface area contributed by atoms with Gasteiger partial charge in [-0.15, -0.1) is 0 Å². The molecule has 0 saturated heterocycles. The smallest absolute Gasteiger partial charge is 0.241 e. The van der Waals surface area contributed by atoms with Crippen LogP contribution in [-0.4, -0.2) is 28.3 Å². The lowest BCUT2D eigenvalue weighted by Gasteiger charge is -2.21. The predicted molar refractivity (Wildman–Crippen MR) is 133 cm³/mol. The molecule has 7 nitrogen and oxygen atoms in total. The topological polar surface area (TPSA) is 89.0 Å². The average molecular weight is 520 g/mol. The van der Waals surface area contributed by atoms with Crippen LogP contribution in [0.3, 0.4) is 0 Å². The molecular formula is C24H23Cl2N3O4S. The molecule has 1 heterocycles. The Morgan fingerprint density at radius 1 is 1.00 bits per heavy atom. The normalized spacial score (nSPS) is 16.5. The Balaban J connectivity index is 1.66. The van der Waals surface area contributed by atoms with Gasteiger partial charge in [0.2, 0.25) is 10.0 Å². The second-order valence-electron chi connectivity index (χ2n) is 7.66. The molecule has 10 heteroatoms. The lowest BCUT2D eigenvalue weighted by Crippen LogP contribution is -2.33. The quantitative estimate of drug-likeness (QED) is 0.431. The molecule has 1 aliphatic heterocycles. The van der Waals surface area contributed by atoms with Gasteiger partial charge in [-0.1, -0.05) is 47.5 Å². The van der Waals surface area contributed by atoms with E-state index in [0.29, 0.717) is 33.5 Å². The number of benzene rings is 3. The molecule has 0 saturated carbocycles. The maximum atomic E-state index is 13.3. The second-order valence-corrected chi connectivity index (χ2v) is 10.2. The summed E-state index contributed by atoms with van der Waals surface area (Å²) in [6.45, 7) is 0. The van der Waals surface area contributed by atoms with E-state index in [1.807, 2.05) is 24.3 Å². The van der Waals surface area contributed by atoms with Gasteiger partial charge in [0, 0.05) is 22.5 Å². The highest BCUT2D eigenvalue weighted by Gasteiger charge is 2.32. The van der Waals surface area contributed by atoms with E-state index in [0.717, 1.165) is 11.3 Å². The van der Waals surface area contributed by atoms with E-state index in [9.17, 15) is 8.42 Å². The predicted octanol–water partition coefficient (Wildman–Crippen LogP) is 5.12. The van der Waals surface area contributed by atoms with E-state index in [1.165, 1.54) is 19.2 Å². The maximum Gasteiger partial charge on any atom is 0.241 e. The number of nitrogens with zero attached hydrogens (tertiary/aromatic N) is 1. The van der Waals surface area contributed by atoms with E-state index < -0.39 is 16.1 Å². The SMILES string of the molecule is COc1ccc(C2CC(C(NS(=O)(=O)c3cccc(OC)c3)c3ccc(Cl)cc3Cl)=NN2)cc1. The van der Waals surface area contributed by atoms with Crippen LogP contribution < -0.4 is 19.6 Å². The fraction of sp³-hybridized carbons (Fsp3) is 0.208. The van der Waals surface area contributed by atoms with Crippen molar-refractivity contribution in [3.8, 4) is 11.5 Å². The van der Waals surface area contributed by atoms with Gasteiger partial charge in [-0.2, -0.15) is 9.82 Å². The molecule has 1 aliphatic rings. The van der Waals surface area contributed by atoms with Crippen molar-refractivity contribution in [1.29, 1.82) is 0 Å². The number of nitrogens with one attached hydrogen (secondary N) is 2. The number of rotatable bonds is 8. The molecule has 0 aromatic heterocycles. The molecule has 0 bridgehead atoms. The summed E-state index contributed by atoms with van der Waals surface area (Å²) in [6, 6.07) is 17.9. The molecule has 34 heavy (non-hydrogen) atoms. The summed E-state index contributed by atoms with van der Waals surface area (Å²) in [7, 11) is -0.853. The van der Waals surface area contributed by atoms with Crippen molar-refractivity contribution < 1.29 is 17.9 Å². The Morgan fingerprint density at radius 3 is 2.41 bits per heavy atom. The van der Waals surface area contributed by atoms with Gasteiger partial charge in [-0.05, 0) is 47.5 Å². The first-order valence-corrected chi connectivity index (χ1v) is 12.6. The highest BCUT2D eigenvalue weighted by Crippen LogP contribution is 2.34. The summed E-state index contributed by atoms with van der Waals surface area (Å²) in [6.07, 6.45) is 0.469. The Hall–Kier alpha value is -2.78. The highest BCUT2D eigenvalue weighted by atomic mass is 35.5. The van der Waals surface area contributed by atoms with Gasteiger partial charge >= 0.3 is 0 Å². The van der Waals surface area contributed by atoms with Crippen molar-refractivity contribution >= 4 is 38.9 Å². The molecule has 178 valence electrons. The van der Waals surface area contributed by atoms with Crippen molar-refractivity contribution in [3.63, 3.8) is 0 Å². The number of hydrogen-bond donors (Lipinski definition) is 2. The van der Waals surface area contributed by atoms with Crippen molar-refractivity contribution in [2.45, 2.75) is 23.4 Å². The minimum Gasteiger partial charge on any atom is -0.497 e.